The van der Waals surface area contributed by atoms with Crippen molar-refractivity contribution in [2.75, 3.05) is 0 Å². The lowest BCUT2D eigenvalue weighted by Crippen LogP contribution is -2.02. The van der Waals surface area contributed by atoms with Gasteiger partial charge in [0, 0.05) is 12.0 Å². The number of carbonyl (C=O) groups excluding carboxylic acids is 1. The molecule has 0 unspecified atom stereocenters. The molecule has 2 aromatic rings. The molecule has 0 aromatic heterocycles. The summed E-state index contributed by atoms with van der Waals surface area (Å²) in [5.74, 6) is 0.0214. The van der Waals surface area contributed by atoms with Gasteiger partial charge in [0.15, 0.2) is 5.78 Å². The van der Waals surface area contributed by atoms with E-state index in [2.05, 4.69) is 0 Å². The topological polar surface area (TPSA) is 17.1 Å². The third-order valence-corrected chi connectivity index (χ3v) is 3.83. The van der Waals surface area contributed by atoms with Crippen molar-refractivity contribution in [1.29, 1.82) is 0 Å². The van der Waals surface area contributed by atoms with E-state index < -0.39 is 0 Å². The first kappa shape index (κ1) is 14.1. The van der Waals surface area contributed by atoms with E-state index in [0.29, 0.717) is 28.5 Å². The first-order valence-electron chi connectivity index (χ1n) is 6.10. The lowest BCUT2D eigenvalue weighted by Gasteiger charge is -2.05. The molecule has 0 N–H and O–H groups in total. The standard InChI is InChI=1S/C16H14Cl2O/c1-11-5-7-12(8-6-11)9-10-15(19)13-3-2-4-14(17)16(13)18/h2-8H,9-10H2,1H3. The fraction of sp³-hybridized carbons (Fsp3) is 0.188. The van der Waals surface area contributed by atoms with Crippen LogP contribution < -0.4 is 0 Å². The summed E-state index contributed by atoms with van der Waals surface area (Å²) in [4.78, 5) is 12.1. The van der Waals surface area contributed by atoms with E-state index >= 15 is 0 Å². The zero-order valence-electron chi connectivity index (χ0n) is 10.6. The van der Waals surface area contributed by atoms with Gasteiger partial charge in [0.2, 0.25) is 0 Å². The number of Topliss-reactive ketones (excluding diaryl/α,β-unsaturated/α-hetero) is 1. The quantitative estimate of drug-likeness (QED) is 0.715. The van der Waals surface area contributed by atoms with Crippen LogP contribution in [-0.4, -0.2) is 5.78 Å². The van der Waals surface area contributed by atoms with Crippen LogP contribution in [0.5, 0.6) is 0 Å². The van der Waals surface area contributed by atoms with Gasteiger partial charge < -0.3 is 0 Å². The third kappa shape index (κ3) is 3.59. The van der Waals surface area contributed by atoms with E-state index in [4.69, 9.17) is 23.2 Å². The first-order valence-corrected chi connectivity index (χ1v) is 6.86. The molecule has 1 nitrogen and oxygen atoms in total. The molecule has 0 saturated heterocycles. The number of hydrogen-bond donors (Lipinski definition) is 0. The highest BCUT2D eigenvalue weighted by molar-refractivity contribution is 6.43. The van der Waals surface area contributed by atoms with Crippen LogP contribution in [0.4, 0.5) is 0 Å². The van der Waals surface area contributed by atoms with Crippen molar-refractivity contribution in [2.24, 2.45) is 0 Å². The molecule has 3 heteroatoms. The Hall–Kier alpha value is -1.31. The van der Waals surface area contributed by atoms with Crippen molar-refractivity contribution < 1.29 is 4.79 Å². The van der Waals surface area contributed by atoms with Crippen LogP contribution >= 0.6 is 23.2 Å². The maximum atomic E-state index is 12.1. The number of rotatable bonds is 4. The number of benzene rings is 2. The van der Waals surface area contributed by atoms with E-state index in [0.717, 1.165) is 5.56 Å². The fourth-order valence-corrected chi connectivity index (χ4v) is 2.27. The van der Waals surface area contributed by atoms with Crippen molar-refractivity contribution >= 4 is 29.0 Å². The van der Waals surface area contributed by atoms with E-state index in [1.807, 2.05) is 31.2 Å². The monoisotopic (exact) mass is 292 g/mol. The molecule has 0 saturated carbocycles. The Morgan fingerprint density at radius 3 is 2.42 bits per heavy atom. The highest BCUT2D eigenvalue weighted by atomic mass is 35.5. The predicted molar refractivity (Wildman–Crippen MR) is 80.3 cm³/mol. The highest BCUT2D eigenvalue weighted by Gasteiger charge is 2.12. The predicted octanol–water partition coefficient (Wildman–Crippen LogP) is 5.12. The minimum absolute atomic E-state index is 0.0214. The summed E-state index contributed by atoms with van der Waals surface area (Å²) in [5, 5.41) is 0.765. The minimum Gasteiger partial charge on any atom is -0.294 e. The van der Waals surface area contributed by atoms with Gasteiger partial charge in [-0.3, -0.25) is 4.79 Å². The Balaban J connectivity index is 2.05. The largest absolute Gasteiger partial charge is 0.294 e. The van der Waals surface area contributed by atoms with Crippen molar-refractivity contribution in [1.82, 2.24) is 0 Å². The lowest BCUT2D eigenvalue weighted by molar-refractivity contribution is 0.0983. The molecule has 2 rings (SSSR count). The number of ketones is 1. The number of aryl methyl sites for hydroxylation is 2. The second-order valence-corrected chi connectivity index (χ2v) is 5.30. The molecule has 0 bridgehead atoms. The normalized spacial score (nSPS) is 10.5. The van der Waals surface area contributed by atoms with Gasteiger partial charge in [0.1, 0.15) is 0 Å². The molecule has 0 spiro atoms. The van der Waals surface area contributed by atoms with Crippen LogP contribution in [-0.2, 0) is 6.42 Å². The molecule has 2 aromatic carbocycles. The number of halogens is 2. The molecule has 0 fully saturated rings. The molecular weight excluding hydrogens is 279 g/mol. The zero-order valence-corrected chi connectivity index (χ0v) is 12.1. The van der Waals surface area contributed by atoms with E-state index in [1.165, 1.54) is 5.56 Å². The van der Waals surface area contributed by atoms with Gasteiger partial charge in [-0.05, 0) is 31.0 Å². The average Bonchev–Trinajstić information content (AvgIpc) is 2.41. The van der Waals surface area contributed by atoms with Crippen molar-refractivity contribution in [3.05, 3.63) is 69.2 Å². The number of hydrogen-bond acceptors (Lipinski definition) is 1. The fourth-order valence-electron chi connectivity index (χ4n) is 1.87. The molecule has 98 valence electrons. The van der Waals surface area contributed by atoms with Gasteiger partial charge in [0.25, 0.3) is 0 Å². The summed E-state index contributed by atoms with van der Waals surface area (Å²) >= 11 is 11.9. The summed E-state index contributed by atoms with van der Waals surface area (Å²) < 4.78 is 0. The molecule has 0 atom stereocenters. The Labute approximate surface area is 123 Å². The molecule has 0 aliphatic carbocycles. The maximum Gasteiger partial charge on any atom is 0.164 e. The van der Waals surface area contributed by atoms with E-state index in [1.54, 1.807) is 18.2 Å². The second kappa shape index (κ2) is 6.23. The van der Waals surface area contributed by atoms with Crippen molar-refractivity contribution in [3.8, 4) is 0 Å². The smallest absolute Gasteiger partial charge is 0.164 e. The molecule has 0 amide bonds. The van der Waals surface area contributed by atoms with Crippen LogP contribution in [0.3, 0.4) is 0 Å². The van der Waals surface area contributed by atoms with Crippen molar-refractivity contribution in [3.63, 3.8) is 0 Å². The van der Waals surface area contributed by atoms with Crippen LogP contribution in [0.2, 0.25) is 10.0 Å². The lowest BCUT2D eigenvalue weighted by atomic mass is 10.0. The van der Waals surface area contributed by atoms with Gasteiger partial charge >= 0.3 is 0 Å². The summed E-state index contributed by atoms with van der Waals surface area (Å²) in [5.41, 5.74) is 2.87. The molecule has 0 heterocycles. The Bertz CT molecular complexity index is 588. The zero-order chi connectivity index (χ0) is 13.8. The van der Waals surface area contributed by atoms with Gasteiger partial charge in [-0.2, -0.15) is 0 Å². The molecule has 19 heavy (non-hydrogen) atoms. The second-order valence-electron chi connectivity index (χ2n) is 4.51. The Morgan fingerprint density at radius 1 is 1.05 bits per heavy atom. The average molecular weight is 293 g/mol. The molecule has 0 radical (unpaired) electrons. The van der Waals surface area contributed by atoms with Crippen LogP contribution in [0, 0.1) is 6.92 Å². The first-order chi connectivity index (χ1) is 9.08. The molecular formula is C16H14Cl2O. The third-order valence-electron chi connectivity index (χ3n) is 3.01. The highest BCUT2D eigenvalue weighted by Crippen LogP contribution is 2.26. The number of carbonyl (C=O) groups is 1. The summed E-state index contributed by atoms with van der Waals surface area (Å²) in [6.45, 7) is 2.04. The molecule has 0 aliphatic rings. The summed E-state index contributed by atoms with van der Waals surface area (Å²) in [7, 11) is 0. The Morgan fingerprint density at radius 2 is 1.74 bits per heavy atom. The summed E-state index contributed by atoms with van der Waals surface area (Å²) in [6.07, 6.45) is 1.14. The van der Waals surface area contributed by atoms with Crippen molar-refractivity contribution in [2.45, 2.75) is 19.8 Å². The van der Waals surface area contributed by atoms with Crippen LogP contribution in [0.1, 0.15) is 27.9 Å². The summed E-state index contributed by atoms with van der Waals surface area (Å²) in [6, 6.07) is 13.3. The van der Waals surface area contributed by atoms with E-state index in [9.17, 15) is 4.79 Å². The van der Waals surface area contributed by atoms with E-state index in [-0.39, 0.29) is 5.78 Å². The van der Waals surface area contributed by atoms with Gasteiger partial charge in [-0.1, -0.05) is 59.1 Å². The SMILES string of the molecule is Cc1ccc(CCC(=O)c2cccc(Cl)c2Cl)cc1. The Kier molecular flexibility index (Phi) is 4.62. The molecule has 0 aliphatic heterocycles. The van der Waals surface area contributed by atoms with Gasteiger partial charge in [-0.25, -0.2) is 0 Å². The van der Waals surface area contributed by atoms with Gasteiger partial charge in [0.05, 0.1) is 10.0 Å². The van der Waals surface area contributed by atoms with Crippen LogP contribution in [0.15, 0.2) is 42.5 Å². The maximum absolute atomic E-state index is 12.1. The van der Waals surface area contributed by atoms with Gasteiger partial charge in [-0.15, -0.1) is 0 Å². The minimum atomic E-state index is 0.0214. The van der Waals surface area contributed by atoms with Crippen LogP contribution in [0.25, 0.3) is 0 Å².